The lowest BCUT2D eigenvalue weighted by atomic mass is 10.1. The third-order valence-electron chi connectivity index (χ3n) is 4.18. The van der Waals surface area contributed by atoms with Gasteiger partial charge in [0.25, 0.3) is 5.91 Å². The second-order valence-corrected chi connectivity index (χ2v) is 7.82. The maximum Gasteiger partial charge on any atom is 0.258 e. The van der Waals surface area contributed by atoms with Crippen LogP contribution in [0.3, 0.4) is 0 Å². The van der Waals surface area contributed by atoms with Crippen LogP contribution in [0, 0.1) is 5.82 Å². The van der Waals surface area contributed by atoms with E-state index in [2.05, 4.69) is 0 Å². The molecule has 3 rings (SSSR count). The summed E-state index contributed by atoms with van der Waals surface area (Å²) in [5, 5.41) is 1.15. The molecule has 0 aliphatic carbocycles. The molecule has 0 bridgehead atoms. The number of sulfone groups is 1. The Morgan fingerprint density at radius 1 is 1.16 bits per heavy atom. The van der Waals surface area contributed by atoms with Gasteiger partial charge in [-0.2, -0.15) is 0 Å². The molecular weight excluding hydrogens is 341 g/mol. The molecule has 1 heterocycles. The summed E-state index contributed by atoms with van der Waals surface area (Å²) in [5.74, 6) is -0.939. The zero-order chi connectivity index (χ0) is 18.0. The lowest BCUT2D eigenvalue weighted by Gasteiger charge is -2.29. The summed E-state index contributed by atoms with van der Waals surface area (Å²) in [5.41, 5.74) is 1.92. The second kappa shape index (κ2) is 6.80. The van der Waals surface area contributed by atoms with Crippen LogP contribution in [0.2, 0.25) is 0 Å². The predicted molar refractivity (Wildman–Crippen MR) is 95.7 cm³/mol. The van der Waals surface area contributed by atoms with Gasteiger partial charge in [0, 0.05) is 16.7 Å². The maximum absolute atomic E-state index is 13.2. The lowest BCUT2D eigenvalue weighted by Crippen LogP contribution is -2.41. The van der Waals surface area contributed by atoms with E-state index in [-0.39, 0.29) is 11.7 Å². The summed E-state index contributed by atoms with van der Waals surface area (Å²) in [7, 11) is -3.32. The largest absolute Gasteiger partial charge is 0.300 e. The fraction of sp³-hybridized carbons (Fsp3) is 0.211. The van der Waals surface area contributed by atoms with Gasteiger partial charge in [-0.15, -0.1) is 0 Å². The van der Waals surface area contributed by atoms with Crippen LogP contribution in [0.1, 0.15) is 22.8 Å². The number of para-hydroxylation sites is 1. The third-order valence-corrected chi connectivity index (χ3v) is 5.56. The van der Waals surface area contributed by atoms with Crippen LogP contribution in [0.5, 0.6) is 0 Å². The molecule has 6 heteroatoms. The number of halogens is 1. The van der Waals surface area contributed by atoms with Crippen LogP contribution in [-0.2, 0) is 16.3 Å². The molecule has 130 valence electrons. The molecule has 1 aliphatic heterocycles. The highest BCUT2D eigenvalue weighted by atomic mass is 32.2. The number of amides is 1. The van der Waals surface area contributed by atoms with Crippen molar-refractivity contribution in [2.45, 2.75) is 19.4 Å². The molecule has 4 nitrogen and oxygen atoms in total. The number of hydrogen-bond donors (Lipinski definition) is 0. The van der Waals surface area contributed by atoms with Crippen LogP contribution in [0.4, 0.5) is 10.1 Å². The molecule has 0 aromatic heterocycles. The number of aryl methyl sites for hydroxylation is 1. The summed E-state index contributed by atoms with van der Waals surface area (Å²) in [6, 6.07) is 12.1. The van der Waals surface area contributed by atoms with Crippen molar-refractivity contribution < 1.29 is 17.6 Å². The third kappa shape index (κ3) is 3.64. The predicted octanol–water partition coefficient (Wildman–Crippen LogP) is 3.35. The van der Waals surface area contributed by atoms with Crippen molar-refractivity contribution in [1.29, 1.82) is 0 Å². The van der Waals surface area contributed by atoms with Crippen molar-refractivity contribution in [2.24, 2.45) is 0 Å². The average Bonchev–Trinajstić information content (AvgIpc) is 2.95. The minimum Gasteiger partial charge on any atom is -0.300 e. The van der Waals surface area contributed by atoms with Crippen molar-refractivity contribution in [1.82, 2.24) is 0 Å². The highest BCUT2D eigenvalue weighted by molar-refractivity contribution is 7.94. The van der Waals surface area contributed by atoms with E-state index in [1.54, 1.807) is 6.07 Å². The number of anilines is 1. The molecular formula is C19H18FNO3S. The molecule has 0 spiro atoms. The van der Waals surface area contributed by atoms with Gasteiger partial charge < -0.3 is 4.90 Å². The minimum atomic E-state index is -3.32. The van der Waals surface area contributed by atoms with E-state index >= 15 is 0 Å². The van der Waals surface area contributed by atoms with Crippen molar-refractivity contribution in [2.75, 3.05) is 10.7 Å². The Hall–Kier alpha value is -2.47. The molecule has 25 heavy (non-hydrogen) atoms. The highest BCUT2D eigenvalue weighted by Crippen LogP contribution is 2.28. The first kappa shape index (κ1) is 17.4. The quantitative estimate of drug-likeness (QED) is 0.841. The summed E-state index contributed by atoms with van der Waals surface area (Å²) < 4.78 is 36.9. The standard InChI is InChI=1S/C19H18FNO3S/c1-2-14-5-3-4-6-18(14)21(17-11-12-25(23,24)13-17)19(22)15-7-9-16(20)10-8-15/h3-12,17H,2,13H2,1H3/t17-/m0/s1. The van der Waals surface area contributed by atoms with Gasteiger partial charge in [-0.1, -0.05) is 25.1 Å². The Balaban J connectivity index is 2.07. The molecule has 0 unspecified atom stereocenters. The first-order chi connectivity index (χ1) is 11.9. The van der Waals surface area contributed by atoms with Gasteiger partial charge >= 0.3 is 0 Å². The van der Waals surface area contributed by atoms with Crippen LogP contribution in [-0.4, -0.2) is 26.1 Å². The van der Waals surface area contributed by atoms with E-state index in [9.17, 15) is 17.6 Å². The fourth-order valence-electron chi connectivity index (χ4n) is 2.94. The number of carbonyl (C=O) groups is 1. The van der Waals surface area contributed by atoms with Crippen LogP contribution < -0.4 is 4.90 Å². The molecule has 0 N–H and O–H groups in total. The van der Waals surface area contributed by atoms with E-state index < -0.39 is 21.7 Å². The molecule has 1 aliphatic rings. The normalized spacial score (nSPS) is 18.2. The number of carbonyl (C=O) groups excluding carboxylic acids is 1. The molecule has 0 saturated carbocycles. The first-order valence-corrected chi connectivity index (χ1v) is 9.71. The van der Waals surface area contributed by atoms with Gasteiger partial charge in [-0.25, -0.2) is 12.8 Å². The number of rotatable bonds is 4. The number of hydrogen-bond acceptors (Lipinski definition) is 3. The van der Waals surface area contributed by atoms with Crippen LogP contribution in [0.25, 0.3) is 0 Å². The average molecular weight is 359 g/mol. The molecule has 1 atom stereocenters. The van der Waals surface area contributed by atoms with Gasteiger partial charge in [0.15, 0.2) is 9.84 Å². The summed E-state index contributed by atoms with van der Waals surface area (Å²) in [4.78, 5) is 14.6. The Morgan fingerprint density at radius 3 is 2.44 bits per heavy atom. The van der Waals surface area contributed by atoms with E-state index in [1.165, 1.54) is 35.2 Å². The Morgan fingerprint density at radius 2 is 1.84 bits per heavy atom. The van der Waals surface area contributed by atoms with Crippen LogP contribution in [0.15, 0.2) is 60.0 Å². The van der Waals surface area contributed by atoms with Gasteiger partial charge in [0.1, 0.15) is 5.82 Å². The second-order valence-electron chi connectivity index (χ2n) is 5.89. The van der Waals surface area contributed by atoms with E-state index in [4.69, 9.17) is 0 Å². The molecule has 0 radical (unpaired) electrons. The fourth-order valence-corrected chi connectivity index (χ4v) is 4.20. The summed E-state index contributed by atoms with van der Waals surface area (Å²) in [6.45, 7) is 1.97. The summed E-state index contributed by atoms with van der Waals surface area (Å²) in [6.07, 6.45) is 2.23. The minimum absolute atomic E-state index is 0.155. The maximum atomic E-state index is 13.2. The SMILES string of the molecule is CCc1ccccc1N(C(=O)c1ccc(F)cc1)[C@H]1C=CS(=O)(=O)C1. The molecule has 1 amide bonds. The van der Waals surface area contributed by atoms with E-state index in [0.717, 1.165) is 11.0 Å². The number of benzene rings is 2. The van der Waals surface area contributed by atoms with Gasteiger partial charge in [-0.3, -0.25) is 4.79 Å². The molecule has 2 aromatic rings. The lowest BCUT2D eigenvalue weighted by molar-refractivity contribution is 0.0983. The highest BCUT2D eigenvalue weighted by Gasteiger charge is 2.32. The molecule has 2 aromatic carbocycles. The van der Waals surface area contributed by atoms with E-state index in [1.807, 2.05) is 25.1 Å². The Bertz CT molecular complexity index is 920. The Kier molecular flexibility index (Phi) is 4.72. The van der Waals surface area contributed by atoms with Gasteiger partial charge in [0.05, 0.1) is 11.8 Å². The number of nitrogens with zero attached hydrogens (tertiary/aromatic N) is 1. The van der Waals surface area contributed by atoms with Crippen LogP contribution >= 0.6 is 0 Å². The Labute approximate surface area is 146 Å². The van der Waals surface area contributed by atoms with Crippen molar-refractivity contribution >= 4 is 21.4 Å². The first-order valence-electron chi connectivity index (χ1n) is 7.99. The van der Waals surface area contributed by atoms with E-state index in [0.29, 0.717) is 17.7 Å². The summed E-state index contributed by atoms with van der Waals surface area (Å²) >= 11 is 0. The zero-order valence-electron chi connectivity index (χ0n) is 13.7. The molecule has 0 saturated heterocycles. The van der Waals surface area contributed by atoms with Crippen molar-refractivity contribution in [3.63, 3.8) is 0 Å². The molecule has 0 fully saturated rings. The van der Waals surface area contributed by atoms with Gasteiger partial charge in [-0.05, 0) is 48.4 Å². The monoisotopic (exact) mass is 359 g/mol. The van der Waals surface area contributed by atoms with Crippen molar-refractivity contribution in [3.05, 3.63) is 77.0 Å². The zero-order valence-corrected chi connectivity index (χ0v) is 14.5. The van der Waals surface area contributed by atoms with Gasteiger partial charge in [0.2, 0.25) is 0 Å². The van der Waals surface area contributed by atoms with Crippen molar-refractivity contribution in [3.8, 4) is 0 Å². The topological polar surface area (TPSA) is 54.5 Å². The smallest absolute Gasteiger partial charge is 0.258 e.